The van der Waals surface area contributed by atoms with E-state index >= 15 is 0 Å². The Balaban J connectivity index is 1.72. The summed E-state index contributed by atoms with van der Waals surface area (Å²) in [7, 11) is 0. The third kappa shape index (κ3) is 11.2. The number of hydrogen-bond donors (Lipinski definition) is 0. The van der Waals surface area contributed by atoms with Crippen LogP contribution in [0.15, 0.2) is 84.9 Å². The molecule has 0 radical (unpaired) electrons. The summed E-state index contributed by atoms with van der Waals surface area (Å²) in [6.45, 7) is 12.7. The first-order valence-electron chi connectivity index (χ1n) is 18.5. The van der Waals surface area contributed by atoms with Crippen LogP contribution in [0, 0.1) is 0 Å². The van der Waals surface area contributed by atoms with E-state index in [4.69, 9.17) is 14.5 Å². The summed E-state index contributed by atoms with van der Waals surface area (Å²) in [5.74, 6) is 1.77. The first-order chi connectivity index (χ1) is 23.2. The molecule has 4 aromatic rings. The largest absolute Gasteiger partial charge is 0.493 e. The molecule has 0 spiro atoms. The predicted octanol–water partition coefficient (Wildman–Crippen LogP) is 12.4. The molecule has 1 aromatic heterocycles. The van der Waals surface area contributed by atoms with Crippen molar-refractivity contribution in [2.24, 2.45) is 0 Å². The van der Waals surface area contributed by atoms with Gasteiger partial charge in [0.2, 0.25) is 0 Å². The summed E-state index contributed by atoms with van der Waals surface area (Å²) in [6, 6.07) is 30.3. The summed E-state index contributed by atoms with van der Waals surface area (Å²) in [5, 5.41) is 0. The minimum atomic E-state index is 0.715. The van der Waals surface area contributed by atoms with Gasteiger partial charge < -0.3 is 14.4 Å². The number of rotatable bonds is 22. The lowest BCUT2D eigenvalue weighted by molar-refractivity contribution is 0.306. The second-order valence-electron chi connectivity index (χ2n) is 12.7. The van der Waals surface area contributed by atoms with Crippen LogP contribution >= 0.6 is 0 Å². The Morgan fingerprint density at radius 2 is 0.957 bits per heavy atom. The van der Waals surface area contributed by atoms with Crippen molar-refractivity contribution in [3.05, 3.63) is 84.9 Å². The Morgan fingerprint density at radius 3 is 1.43 bits per heavy atom. The molecule has 4 nitrogen and oxygen atoms in total. The molecule has 47 heavy (non-hydrogen) atoms. The number of aromatic nitrogens is 1. The second-order valence-corrected chi connectivity index (χ2v) is 12.7. The summed E-state index contributed by atoms with van der Waals surface area (Å²) in [4.78, 5) is 7.83. The van der Waals surface area contributed by atoms with Gasteiger partial charge in [0.15, 0.2) is 0 Å². The smallest absolute Gasteiger partial charge is 0.128 e. The molecule has 3 aromatic carbocycles. The number of nitrogens with zero attached hydrogens (tertiary/aromatic N) is 2. The van der Waals surface area contributed by atoms with E-state index in [0.717, 1.165) is 65.5 Å². The number of pyridine rings is 1. The van der Waals surface area contributed by atoms with Crippen LogP contribution in [0.2, 0.25) is 0 Å². The highest BCUT2D eigenvalue weighted by Gasteiger charge is 2.16. The Bertz CT molecular complexity index is 1360. The van der Waals surface area contributed by atoms with E-state index in [0.29, 0.717) is 13.2 Å². The quantitative estimate of drug-likeness (QED) is 0.0806. The summed E-state index contributed by atoms with van der Waals surface area (Å²) < 4.78 is 12.7. The first-order valence-corrected chi connectivity index (χ1v) is 18.5. The number of anilines is 1. The molecule has 0 aliphatic heterocycles. The van der Waals surface area contributed by atoms with Crippen LogP contribution in [0.1, 0.15) is 105 Å². The fourth-order valence-corrected chi connectivity index (χ4v) is 5.94. The van der Waals surface area contributed by atoms with Gasteiger partial charge >= 0.3 is 0 Å². The maximum absolute atomic E-state index is 6.37. The van der Waals surface area contributed by atoms with Crippen LogP contribution < -0.4 is 14.4 Å². The third-order valence-electron chi connectivity index (χ3n) is 8.79. The van der Waals surface area contributed by atoms with Gasteiger partial charge in [0.05, 0.1) is 24.6 Å². The topological polar surface area (TPSA) is 34.6 Å². The zero-order valence-corrected chi connectivity index (χ0v) is 29.6. The van der Waals surface area contributed by atoms with Gasteiger partial charge in [-0.2, -0.15) is 0 Å². The fourth-order valence-electron chi connectivity index (χ4n) is 5.94. The van der Waals surface area contributed by atoms with Gasteiger partial charge in [0, 0.05) is 29.9 Å². The van der Waals surface area contributed by atoms with E-state index in [2.05, 4.69) is 118 Å². The Hall–Kier alpha value is -3.79. The highest BCUT2D eigenvalue weighted by Crippen LogP contribution is 2.37. The van der Waals surface area contributed by atoms with Crippen molar-refractivity contribution in [3.63, 3.8) is 0 Å². The van der Waals surface area contributed by atoms with Gasteiger partial charge in [-0.25, -0.2) is 4.98 Å². The van der Waals surface area contributed by atoms with E-state index in [1.807, 2.05) is 0 Å². The second kappa shape index (κ2) is 20.4. The lowest BCUT2D eigenvalue weighted by atomic mass is 9.99. The van der Waals surface area contributed by atoms with Gasteiger partial charge in [-0.1, -0.05) is 115 Å². The lowest BCUT2D eigenvalue weighted by Gasteiger charge is -2.25. The molecule has 0 aliphatic rings. The van der Waals surface area contributed by atoms with Gasteiger partial charge in [-0.3, -0.25) is 0 Å². The molecule has 0 saturated heterocycles. The minimum Gasteiger partial charge on any atom is -0.493 e. The Labute approximate surface area is 285 Å². The standard InChI is InChI=1S/C43H58N2O2/c1-5-9-13-19-31-46-42-23-17-15-21-38(42)40-33-36(35-25-27-37(28-26-35)45(29-11-7-3)30-12-8-4)34-41(44-40)39-22-16-18-24-43(39)47-32-20-14-10-6-2/h15-18,21-28,33-34H,5-14,19-20,29-32H2,1-4H3. The van der Waals surface area contributed by atoms with Crippen LogP contribution in [-0.4, -0.2) is 31.3 Å². The van der Waals surface area contributed by atoms with Crippen LogP contribution in [-0.2, 0) is 0 Å². The molecular formula is C43H58N2O2. The van der Waals surface area contributed by atoms with Gasteiger partial charge in [0.25, 0.3) is 0 Å². The highest BCUT2D eigenvalue weighted by molar-refractivity contribution is 5.80. The molecule has 0 amide bonds. The average Bonchev–Trinajstić information content (AvgIpc) is 3.12. The maximum Gasteiger partial charge on any atom is 0.128 e. The molecule has 0 bridgehead atoms. The fraction of sp³-hybridized carbons (Fsp3) is 0.465. The predicted molar refractivity (Wildman–Crippen MR) is 202 cm³/mol. The zero-order chi connectivity index (χ0) is 33.1. The molecule has 252 valence electrons. The molecule has 0 aliphatic carbocycles. The Kier molecular flexibility index (Phi) is 15.7. The lowest BCUT2D eigenvalue weighted by Crippen LogP contribution is -2.25. The zero-order valence-electron chi connectivity index (χ0n) is 29.6. The molecule has 0 fully saturated rings. The first kappa shape index (κ1) is 36.1. The average molecular weight is 635 g/mol. The molecule has 0 atom stereocenters. The summed E-state index contributed by atoms with van der Waals surface area (Å²) >= 11 is 0. The molecule has 0 saturated carbocycles. The Morgan fingerprint density at radius 1 is 0.489 bits per heavy atom. The number of hydrogen-bond acceptors (Lipinski definition) is 4. The maximum atomic E-state index is 6.37. The third-order valence-corrected chi connectivity index (χ3v) is 8.79. The van der Waals surface area contributed by atoms with Crippen molar-refractivity contribution in [1.82, 2.24) is 4.98 Å². The molecule has 4 rings (SSSR count). The minimum absolute atomic E-state index is 0.715. The van der Waals surface area contributed by atoms with Crippen LogP contribution in [0.5, 0.6) is 11.5 Å². The van der Waals surface area contributed by atoms with Crippen molar-refractivity contribution >= 4 is 5.69 Å². The van der Waals surface area contributed by atoms with Gasteiger partial charge in [0.1, 0.15) is 11.5 Å². The van der Waals surface area contributed by atoms with E-state index < -0.39 is 0 Å². The summed E-state index contributed by atoms with van der Waals surface area (Å²) in [5.41, 5.74) is 7.49. The number of unbranched alkanes of at least 4 members (excludes halogenated alkanes) is 8. The van der Waals surface area contributed by atoms with Crippen molar-refractivity contribution in [2.45, 2.75) is 105 Å². The molecule has 4 heteroatoms. The van der Waals surface area contributed by atoms with Crippen LogP contribution in [0.3, 0.4) is 0 Å². The van der Waals surface area contributed by atoms with E-state index in [-0.39, 0.29) is 0 Å². The van der Waals surface area contributed by atoms with Crippen molar-refractivity contribution in [3.8, 4) is 45.1 Å². The molecule has 0 unspecified atom stereocenters. The number of benzene rings is 3. The van der Waals surface area contributed by atoms with Crippen LogP contribution in [0.25, 0.3) is 33.6 Å². The highest BCUT2D eigenvalue weighted by atomic mass is 16.5. The van der Waals surface area contributed by atoms with Crippen molar-refractivity contribution in [2.75, 3.05) is 31.2 Å². The van der Waals surface area contributed by atoms with E-state index in [1.54, 1.807) is 0 Å². The molecule has 0 N–H and O–H groups in total. The van der Waals surface area contributed by atoms with Gasteiger partial charge in [-0.05, 0) is 85.3 Å². The SMILES string of the molecule is CCCCCCOc1ccccc1-c1cc(-c2ccc(N(CCCC)CCCC)cc2)cc(-c2ccccc2OCCCCCC)n1. The van der Waals surface area contributed by atoms with Gasteiger partial charge in [-0.15, -0.1) is 0 Å². The van der Waals surface area contributed by atoms with E-state index in [1.165, 1.54) is 75.5 Å². The van der Waals surface area contributed by atoms with Crippen LogP contribution in [0.4, 0.5) is 5.69 Å². The number of ether oxygens (including phenoxy) is 2. The summed E-state index contributed by atoms with van der Waals surface area (Å²) in [6.07, 6.45) is 14.3. The monoisotopic (exact) mass is 634 g/mol. The molecule has 1 heterocycles. The van der Waals surface area contributed by atoms with E-state index in [9.17, 15) is 0 Å². The molecular weight excluding hydrogens is 576 g/mol. The van der Waals surface area contributed by atoms with Crippen molar-refractivity contribution < 1.29 is 9.47 Å². The normalized spacial score (nSPS) is 11.1. The number of para-hydroxylation sites is 2. The van der Waals surface area contributed by atoms with Crippen molar-refractivity contribution in [1.29, 1.82) is 0 Å².